The van der Waals surface area contributed by atoms with E-state index in [1.165, 1.54) is 44.4 Å². The van der Waals surface area contributed by atoms with Gasteiger partial charge >= 0.3 is 0 Å². The first-order valence-electron chi connectivity index (χ1n) is 11.0. The number of aromatic nitrogens is 3. The van der Waals surface area contributed by atoms with Gasteiger partial charge in [0.15, 0.2) is 0 Å². The third-order valence-electron chi connectivity index (χ3n) is 5.99. The number of pyridine rings is 1. The summed E-state index contributed by atoms with van der Waals surface area (Å²) in [4.78, 5) is 9.40. The molecule has 0 unspecified atom stereocenters. The molecule has 0 atom stereocenters. The molecule has 0 amide bonds. The van der Waals surface area contributed by atoms with Crippen molar-refractivity contribution < 1.29 is 4.57 Å². The molecular weight excluding hydrogens is 378 g/mol. The second-order valence-corrected chi connectivity index (χ2v) is 9.90. The van der Waals surface area contributed by atoms with Crippen LogP contribution in [0.15, 0.2) is 54.9 Å². The zero-order valence-corrected chi connectivity index (χ0v) is 19.7. The SMILES string of the molecule is Cc1cc(C)c(C)c(-c2cc(-c3cnc(CC(C)(C)C)nc3)c3ccccc3[n+]2C)c1. The van der Waals surface area contributed by atoms with E-state index in [1.54, 1.807) is 0 Å². The molecule has 0 fully saturated rings. The molecule has 4 aromatic rings. The van der Waals surface area contributed by atoms with Crippen molar-refractivity contribution in [1.82, 2.24) is 9.97 Å². The summed E-state index contributed by atoms with van der Waals surface area (Å²) in [5, 5.41) is 1.21. The summed E-state index contributed by atoms with van der Waals surface area (Å²) in [5.74, 6) is 0.896. The molecule has 2 heterocycles. The van der Waals surface area contributed by atoms with Gasteiger partial charge in [0.2, 0.25) is 11.2 Å². The Balaban J connectivity index is 1.94. The molecule has 3 nitrogen and oxygen atoms in total. The lowest BCUT2D eigenvalue weighted by atomic mass is 9.92. The number of para-hydroxylation sites is 1. The second-order valence-electron chi connectivity index (χ2n) is 9.90. The van der Waals surface area contributed by atoms with Crippen molar-refractivity contribution in [2.24, 2.45) is 12.5 Å². The van der Waals surface area contributed by atoms with E-state index < -0.39 is 0 Å². The van der Waals surface area contributed by atoms with E-state index in [2.05, 4.69) is 95.6 Å². The number of aryl methyl sites for hydroxylation is 3. The maximum absolute atomic E-state index is 4.70. The molecule has 0 aliphatic carbocycles. The number of nitrogens with zero attached hydrogens (tertiary/aromatic N) is 3. The van der Waals surface area contributed by atoms with E-state index in [9.17, 15) is 0 Å². The first-order chi connectivity index (χ1) is 14.6. The third-order valence-corrected chi connectivity index (χ3v) is 5.99. The normalized spacial score (nSPS) is 11.8. The fourth-order valence-electron chi connectivity index (χ4n) is 4.30. The maximum Gasteiger partial charge on any atom is 0.213 e. The number of fused-ring (bicyclic) bond motifs is 1. The Bertz CT molecular complexity index is 1260. The van der Waals surface area contributed by atoms with Crippen molar-refractivity contribution in [1.29, 1.82) is 0 Å². The molecule has 31 heavy (non-hydrogen) atoms. The first-order valence-corrected chi connectivity index (χ1v) is 11.0. The predicted octanol–water partition coefficient (Wildman–Crippen LogP) is 6.30. The topological polar surface area (TPSA) is 29.7 Å². The van der Waals surface area contributed by atoms with E-state index >= 15 is 0 Å². The molecule has 2 aromatic carbocycles. The van der Waals surface area contributed by atoms with Crippen molar-refractivity contribution in [2.75, 3.05) is 0 Å². The van der Waals surface area contributed by atoms with E-state index in [4.69, 9.17) is 9.97 Å². The van der Waals surface area contributed by atoms with Crippen LogP contribution >= 0.6 is 0 Å². The zero-order valence-electron chi connectivity index (χ0n) is 19.7. The van der Waals surface area contributed by atoms with Crippen LogP contribution in [0.5, 0.6) is 0 Å². The van der Waals surface area contributed by atoms with Gasteiger partial charge in [0.25, 0.3) is 0 Å². The summed E-state index contributed by atoms with van der Waals surface area (Å²) in [6.45, 7) is 13.2. The molecule has 2 aromatic heterocycles. The Hall–Kier alpha value is -3.07. The van der Waals surface area contributed by atoms with Gasteiger partial charge in [-0.3, -0.25) is 0 Å². The van der Waals surface area contributed by atoms with Gasteiger partial charge in [-0.05, 0) is 49.4 Å². The summed E-state index contributed by atoms with van der Waals surface area (Å²) in [6.07, 6.45) is 4.83. The lowest BCUT2D eigenvalue weighted by Gasteiger charge is -2.17. The highest BCUT2D eigenvalue weighted by molar-refractivity contribution is 5.94. The molecule has 158 valence electrons. The van der Waals surface area contributed by atoms with Crippen LogP contribution < -0.4 is 4.57 Å². The fourth-order valence-corrected chi connectivity index (χ4v) is 4.30. The van der Waals surface area contributed by atoms with Crippen molar-refractivity contribution >= 4 is 10.9 Å². The van der Waals surface area contributed by atoms with E-state index in [-0.39, 0.29) is 5.41 Å². The second kappa shape index (κ2) is 7.88. The Morgan fingerprint density at radius 2 is 1.55 bits per heavy atom. The summed E-state index contributed by atoms with van der Waals surface area (Å²) in [6, 6.07) is 15.4. The first kappa shape index (κ1) is 21.2. The number of benzene rings is 2. The Labute approximate surface area is 185 Å². The van der Waals surface area contributed by atoms with Crippen molar-refractivity contribution in [3.8, 4) is 22.4 Å². The highest BCUT2D eigenvalue weighted by Gasteiger charge is 2.21. The fraction of sp³-hybridized carbons (Fsp3) is 0.321. The van der Waals surface area contributed by atoms with Crippen LogP contribution in [0, 0.1) is 26.2 Å². The number of hydrogen-bond donors (Lipinski definition) is 0. The lowest BCUT2D eigenvalue weighted by Crippen LogP contribution is -2.32. The Morgan fingerprint density at radius 3 is 2.23 bits per heavy atom. The van der Waals surface area contributed by atoms with Crippen molar-refractivity contribution in [3.05, 3.63) is 77.4 Å². The van der Waals surface area contributed by atoms with Crippen LogP contribution in [0.4, 0.5) is 0 Å². The zero-order chi connectivity index (χ0) is 22.3. The average Bonchev–Trinajstić information content (AvgIpc) is 2.71. The molecule has 0 saturated carbocycles. The molecule has 0 radical (unpaired) electrons. The van der Waals surface area contributed by atoms with E-state index in [0.29, 0.717) is 0 Å². The van der Waals surface area contributed by atoms with E-state index in [0.717, 1.165) is 17.8 Å². The highest BCUT2D eigenvalue weighted by atomic mass is 14.9. The Morgan fingerprint density at radius 1 is 0.871 bits per heavy atom. The van der Waals surface area contributed by atoms with Crippen LogP contribution in [0.2, 0.25) is 0 Å². The number of rotatable bonds is 3. The largest absolute Gasteiger partial charge is 0.241 e. The van der Waals surface area contributed by atoms with Gasteiger partial charge in [-0.2, -0.15) is 4.57 Å². The minimum atomic E-state index is 0.169. The van der Waals surface area contributed by atoms with Gasteiger partial charge in [-0.15, -0.1) is 0 Å². The predicted molar refractivity (Wildman–Crippen MR) is 129 cm³/mol. The highest BCUT2D eigenvalue weighted by Crippen LogP contribution is 2.33. The maximum atomic E-state index is 4.70. The van der Waals surface area contributed by atoms with Crippen LogP contribution in [-0.4, -0.2) is 9.97 Å². The average molecular weight is 411 g/mol. The molecule has 3 heteroatoms. The molecule has 0 spiro atoms. The third kappa shape index (κ3) is 4.23. The van der Waals surface area contributed by atoms with Gasteiger partial charge in [0, 0.05) is 47.6 Å². The van der Waals surface area contributed by atoms with Gasteiger partial charge in [0.1, 0.15) is 12.9 Å². The molecule has 4 rings (SSSR count). The number of hydrogen-bond acceptors (Lipinski definition) is 2. The summed E-state index contributed by atoms with van der Waals surface area (Å²) in [5.41, 5.74) is 9.99. The minimum Gasteiger partial charge on any atom is -0.241 e. The van der Waals surface area contributed by atoms with Crippen LogP contribution in [0.3, 0.4) is 0 Å². The van der Waals surface area contributed by atoms with Crippen LogP contribution in [0.25, 0.3) is 33.3 Å². The molecule has 0 aliphatic rings. The lowest BCUT2D eigenvalue weighted by molar-refractivity contribution is -0.633. The van der Waals surface area contributed by atoms with Gasteiger partial charge < -0.3 is 0 Å². The summed E-state index contributed by atoms with van der Waals surface area (Å²) >= 11 is 0. The molecule has 0 saturated heterocycles. The molecular formula is C28H32N3+. The van der Waals surface area contributed by atoms with Crippen LogP contribution in [-0.2, 0) is 13.5 Å². The summed E-state index contributed by atoms with van der Waals surface area (Å²) < 4.78 is 2.30. The van der Waals surface area contributed by atoms with E-state index in [1.807, 2.05) is 12.4 Å². The summed E-state index contributed by atoms with van der Waals surface area (Å²) in [7, 11) is 2.15. The quantitative estimate of drug-likeness (QED) is 0.371. The van der Waals surface area contributed by atoms with Gasteiger partial charge in [0.05, 0.1) is 5.39 Å². The Kier molecular flexibility index (Phi) is 5.38. The smallest absolute Gasteiger partial charge is 0.213 e. The molecule has 0 bridgehead atoms. The van der Waals surface area contributed by atoms with Crippen molar-refractivity contribution in [3.63, 3.8) is 0 Å². The van der Waals surface area contributed by atoms with Crippen LogP contribution in [0.1, 0.15) is 43.3 Å². The molecule has 0 aliphatic heterocycles. The van der Waals surface area contributed by atoms with Gasteiger partial charge in [-0.1, -0.05) is 44.5 Å². The minimum absolute atomic E-state index is 0.169. The van der Waals surface area contributed by atoms with Gasteiger partial charge in [-0.25, -0.2) is 9.97 Å². The molecule has 0 N–H and O–H groups in total. The monoisotopic (exact) mass is 410 g/mol. The van der Waals surface area contributed by atoms with Crippen molar-refractivity contribution in [2.45, 2.75) is 48.0 Å². The standard InChI is InChI=1S/C28H32N3/c1-18-12-19(2)20(3)23(13-18)26-14-24(22-10-8-9-11-25(22)31(26)7)21-16-29-27(30-17-21)15-28(4,5)6/h8-14,16-17H,15H2,1-7H3/q+1.